The monoisotopic (exact) mass is 569 g/mol. The molecule has 3 N–H and O–H groups in total. The van der Waals surface area contributed by atoms with Gasteiger partial charge < -0.3 is 15.1 Å². The van der Waals surface area contributed by atoms with E-state index in [1.807, 2.05) is 0 Å². The molecule has 0 aromatic rings. The van der Waals surface area contributed by atoms with Gasteiger partial charge in [-0.05, 0) is 6.42 Å². The minimum atomic E-state index is -2.39. The summed E-state index contributed by atoms with van der Waals surface area (Å²) in [4.78, 5) is 60.6. The number of ketones is 1. The Morgan fingerprint density at radius 1 is 0.718 bits per heavy atom. The number of quaternary nitrogens is 1. The van der Waals surface area contributed by atoms with Crippen molar-refractivity contribution in [2.75, 3.05) is 19.6 Å². The molecule has 1 aliphatic rings. The maximum Gasteiger partial charge on any atom is 0.217 e. The maximum atomic E-state index is 12.6. The summed E-state index contributed by atoms with van der Waals surface area (Å²) in [6.45, 7) is 6.34. The Kier molecular flexibility index (Phi) is 21.6. The Balaban J connectivity index is 2.13. The van der Waals surface area contributed by atoms with Gasteiger partial charge in [-0.3, -0.25) is 19.2 Å². The normalized spacial score (nSPS) is 15.3. The average molecular weight is 570 g/mol. The van der Waals surface area contributed by atoms with Crippen molar-refractivity contribution in [2.24, 2.45) is 0 Å². The predicted octanol–water partition coefficient (Wildman–Crippen LogP) is 5.61. The topological polar surface area (TPSA) is 105 Å². The molecule has 1 rings (SSSR count). The van der Waals surface area contributed by atoms with Crippen LogP contribution < -0.4 is 10.2 Å². The Morgan fingerprint density at radius 2 is 1.21 bits per heavy atom. The van der Waals surface area contributed by atoms with Gasteiger partial charge in [0, 0.05) is 45.1 Å². The third kappa shape index (κ3) is 19.5. The minimum absolute atomic E-state index is 0.0162. The van der Waals surface area contributed by atoms with E-state index in [1.54, 1.807) is 0 Å². The van der Waals surface area contributed by atoms with E-state index in [1.165, 1.54) is 88.9 Å². The van der Waals surface area contributed by atoms with Crippen molar-refractivity contribution in [1.82, 2.24) is 5.32 Å². The van der Waals surface area contributed by atoms with E-state index in [-0.39, 0.29) is 31.0 Å². The molecule has 0 aromatic heterocycles. The van der Waals surface area contributed by atoms with Crippen molar-refractivity contribution in [2.45, 2.75) is 155 Å². The molecule has 1 amide bonds. The summed E-state index contributed by atoms with van der Waals surface area (Å²) < 4.78 is 0. The first-order valence-corrected chi connectivity index (χ1v) is 17.3. The SMILES string of the molecule is CCCCCCCCCCCCCCCCCC(=O)CC(CC(=O)P(O)C(=O)CC[NH+]1CCCC1)NC(C)=O. The molecule has 2 atom stereocenters. The minimum Gasteiger partial charge on any atom is -0.360 e. The van der Waals surface area contributed by atoms with Crippen LogP contribution in [0.25, 0.3) is 0 Å². The van der Waals surface area contributed by atoms with Gasteiger partial charge in [0.05, 0.1) is 26.1 Å². The van der Waals surface area contributed by atoms with Gasteiger partial charge in [0.25, 0.3) is 0 Å². The lowest BCUT2D eigenvalue weighted by Gasteiger charge is -2.18. The van der Waals surface area contributed by atoms with Crippen molar-refractivity contribution in [3.05, 3.63) is 0 Å². The molecule has 1 saturated heterocycles. The molecular formula is C31H58N2O5P+. The van der Waals surface area contributed by atoms with Crippen LogP contribution in [-0.2, 0) is 19.2 Å². The summed E-state index contributed by atoms with van der Waals surface area (Å²) in [7, 11) is -2.39. The van der Waals surface area contributed by atoms with Crippen molar-refractivity contribution < 1.29 is 29.0 Å². The van der Waals surface area contributed by atoms with Crippen LogP contribution in [0.15, 0.2) is 0 Å². The highest BCUT2D eigenvalue weighted by Crippen LogP contribution is 2.35. The number of amides is 1. The lowest BCUT2D eigenvalue weighted by molar-refractivity contribution is -0.886. The van der Waals surface area contributed by atoms with E-state index in [2.05, 4.69) is 12.2 Å². The maximum absolute atomic E-state index is 12.6. The number of likely N-dealkylation sites (tertiary alicyclic amines) is 1. The number of carbonyl (C=O) groups excluding carboxylic acids is 4. The van der Waals surface area contributed by atoms with Gasteiger partial charge in [0.2, 0.25) is 5.91 Å². The summed E-state index contributed by atoms with van der Waals surface area (Å²) in [5.41, 5.74) is -0.954. The molecule has 1 aliphatic heterocycles. The second kappa shape index (κ2) is 23.5. The summed E-state index contributed by atoms with van der Waals surface area (Å²) in [6, 6.07) is -0.659. The molecule has 39 heavy (non-hydrogen) atoms. The zero-order valence-electron chi connectivity index (χ0n) is 25.1. The zero-order chi connectivity index (χ0) is 28.7. The molecule has 0 spiro atoms. The molecule has 1 fully saturated rings. The van der Waals surface area contributed by atoms with Gasteiger partial charge in [0.15, 0.2) is 19.2 Å². The molecule has 0 saturated carbocycles. The Bertz CT molecular complexity index is 696. The highest BCUT2D eigenvalue weighted by Gasteiger charge is 2.29. The number of hydrogen-bond donors (Lipinski definition) is 3. The Morgan fingerprint density at radius 3 is 1.69 bits per heavy atom. The highest BCUT2D eigenvalue weighted by molar-refractivity contribution is 7.84. The highest BCUT2D eigenvalue weighted by atomic mass is 31.1. The molecule has 1 heterocycles. The second-order valence-electron chi connectivity index (χ2n) is 11.6. The molecule has 0 aromatic carbocycles. The van der Waals surface area contributed by atoms with Crippen molar-refractivity contribution in [3.63, 3.8) is 0 Å². The smallest absolute Gasteiger partial charge is 0.217 e. The van der Waals surface area contributed by atoms with E-state index in [0.29, 0.717) is 13.0 Å². The number of nitrogens with one attached hydrogen (secondary N) is 2. The van der Waals surface area contributed by atoms with Crippen LogP contribution >= 0.6 is 8.15 Å². The fourth-order valence-electron chi connectivity index (χ4n) is 5.48. The van der Waals surface area contributed by atoms with Gasteiger partial charge in [0.1, 0.15) is 5.78 Å². The fourth-order valence-corrected chi connectivity index (χ4v) is 6.48. The van der Waals surface area contributed by atoms with Crippen LogP contribution in [0.4, 0.5) is 0 Å². The molecule has 0 aliphatic carbocycles. The molecular weight excluding hydrogens is 511 g/mol. The number of unbranched alkanes of at least 4 members (excludes halogenated alkanes) is 14. The van der Waals surface area contributed by atoms with Crippen molar-refractivity contribution >= 4 is 30.9 Å². The summed E-state index contributed by atoms with van der Waals surface area (Å²) in [6.07, 6.45) is 21.9. The molecule has 0 radical (unpaired) electrons. The van der Waals surface area contributed by atoms with Gasteiger partial charge in [-0.2, -0.15) is 0 Å². The number of carbonyl (C=O) groups is 4. The third-order valence-corrected chi connectivity index (χ3v) is 9.19. The third-order valence-electron chi connectivity index (χ3n) is 7.84. The first-order valence-electron chi connectivity index (χ1n) is 16.0. The van der Waals surface area contributed by atoms with Crippen LogP contribution in [0.5, 0.6) is 0 Å². The van der Waals surface area contributed by atoms with Gasteiger partial charge >= 0.3 is 0 Å². The second-order valence-corrected chi connectivity index (χ2v) is 13.2. The number of hydrogen-bond acceptors (Lipinski definition) is 5. The van der Waals surface area contributed by atoms with Gasteiger partial charge in [-0.1, -0.05) is 96.8 Å². The average Bonchev–Trinajstić information content (AvgIpc) is 3.42. The summed E-state index contributed by atoms with van der Waals surface area (Å²) in [5, 5.41) is 2.67. The van der Waals surface area contributed by atoms with E-state index in [4.69, 9.17) is 0 Å². The van der Waals surface area contributed by atoms with Crippen LogP contribution in [0.1, 0.15) is 149 Å². The van der Waals surface area contributed by atoms with E-state index < -0.39 is 25.2 Å². The lowest BCUT2D eigenvalue weighted by Crippen LogP contribution is -3.10. The first-order chi connectivity index (χ1) is 18.8. The zero-order valence-corrected chi connectivity index (χ0v) is 26.0. The number of Topliss-reactive ketones (excluding diaryl/α,β-unsaturated/α-hetero) is 1. The largest absolute Gasteiger partial charge is 0.360 e. The Hall–Kier alpha value is -1.17. The molecule has 8 heteroatoms. The lowest BCUT2D eigenvalue weighted by atomic mass is 10.0. The Labute approximate surface area is 239 Å². The molecule has 0 bridgehead atoms. The summed E-state index contributed by atoms with van der Waals surface area (Å²) in [5.74, 6) is -0.304. The van der Waals surface area contributed by atoms with Crippen LogP contribution in [-0.4, -0.2) is 53.3 Å². The van der Waals surface area contributed by atoms with Crippen LogP contribution in [0.2, 0.25) is 0 Å². The number of rotatable bonds is 26. The van der Waals surface area contributed by atoms with E-state index in [0.717, 1.165) is 45.2 Å². The van der Waals surface area contributed by atoms with Crippen LogP contribution in [0, 0.1) is 0 Å². The molecule has 7 nitrogen and oxygen atoms in total. The predicted molar refractivity (Wildman–Crippen MR) is 160 cm³/mol. The fraction of sp³-hybridized carbons (Fsp3) is 0.871. The van der Waals surface area contributed by atoms with Gasteiger partial charge in [-0.15, -0.1) is 0 Å². The van der Waals surface area contributed by atoms with Crippen molar-refractivity contribution in [3.8, 4) is 0 Å². The van der Waals surface area contributed by atoms with E-state index >= 15 is 0 Å². The molecule has 2 unspecified atom stereocenters. The first kappa shape index (κ1) is 35.9. The summed E-state index contributed by atoms with van der Waals surface area (Å²) >= 11 is 0. The molecule has 226 valence electrons. The van der Waals surface area contributed by atoms with Crippen molar-refractivity contribution in [1.29, 1.82) is 0 Å². The van der Waals surface area contributed by atoms with Crippen LogP contribution in [0.3, 0.4) is 0 Å². The quantitative estimate of drug-likeness (QED) is 0.0927. The standard InChI is InChI=1S/C31H57N2O5P/c1-3-4-5-6-7-8-9-10-11-12-13-14-15-16-17-20-29(35)25-28(32-27(2)34)26-31(37)39(38)30(36)21-24-33-22-18-19-23-33/h28,38H,3-26H2,1-2H3,(H,32,34)/p+1. The van der Waals surface area contributed by atoms with E-state index in [9.17, 15) is 24.1 Å². The van der Waals surface area contributed by atoms with Gasteiger partial charge in [-0.25, -0.2) is 0 Å².